The lowest BCUT2D eigenvalue weighted by Gasteiger charge is -2.48. The van der Waals surface area contributed by atoms with Gasteiger partial charge < -0.3 is 4.74 Å². The molecule has 3 rings (SSSR count). The Morgan fingerprint density at radius 2 is 1.54 bits per heavy atom. The SMILES string of the molecule is CC(C)C[C@@]12O[C@@H](CCC1=O)C1(CCCCC1)C(=O)CCCC2=O. The quantitative estimate of drug-likeness (QED) is 0.721. The van der Waals surface area contributed by atoms with E-state index in [2.05, 4.69) is 0 Å². The maximum Gasteiger partial charge on any atom is 0.184 e. The lowest BCUT2D eigenvalue weighted by atomic mass is 9.64. The summed E-state index contributed by atoms with van der Waals surface area (Å²) in [7, 11) is 0. The summed E-state index contributed by atoms with van der Waals surface area (Å²) >= 11 is 0. The van der Waals surface area contributed by atoms with Gasteiger partial charge in [0.1, 0.15) is 5.78 Å². The molecule has 0 unspecified atom stereocenters. The number of fused-ring (bicyclic) bond motifs is 3. The molecule has 2 heterocycles. The van der Waals surface area contributed by atoms with Gasteiger partial charge in [-0.3, -0.25) is 14.4 Å². The Kier molecular flexibility index (Phi) is 4.96. The molecule has 0 aromatic carbocycles. The standard InChI is InChI=1S/C20H30O4/c1-14(2)13-20-16(22)8-6-7-15(21)19(11-4-3-5-12-19)18(24-20)10-9-17(20)23/h14,18H,3-13H2,1-2H3/t18-,20-/m0/s1. The molecule has 2 saturated heterocycles. The lowest BCUT2D eigenvalue weighted by Crippen LogP contribution is -2.59. The predicted molar refractivity (Wildman–Crippen MR) is 90.7 cm³/mol. The number of ether oxygens (including phenoxy) is 1. The van der Waals surface area contributed by atoms with Crippen molar-refractivity contribution in [3.05, 3.63) is 0 Å². The van der Waals surface area contributed by atoms with Gasteiger partial charge in [-0.1, -0.05) is 33.1 Å². The number of hydrogen-bond acceptors (Lipinski definition) is 4. The van der Waals surface area contributed by atoms with Crippen LogP contribution in [0.2, 0.25) is 0 Å². The molecule has 1 aliphatic carbocycles. The van der Waals surface area contributed by atoms with Gasteiger partial charge in [-0.2, -0.15) is 0 Å². The molecule has 1 spiro atoms. The van der Waals surface area contributed by atoms with E-state index in [9.17, 15) is 14.4 Å². The van der Waals surface area contributed by atoms with E-state index in [0.29, 0.717) is 32.1 Å². The van der Waals surface area contributed by atoms with Crippen LogP contribution in [0.15, 0.2) is 0 Å². The molecule has 2 aliphatic heterocycles. The second-order valence-electron chi connectivity index (χ2n) is 8.41. The van der Waals surface area contributed by atoms with Crippen molar-refractivity contribution in [3.8, 4) is 0 Å². The Morgan fingerprint density at radius 3 is 2.21 bits per heavy atom. The Balaban J connectivity index is 2.02. The van der Waals surface area contributed by atoms with Gasteiger partial charge in [0, 0.05) is 19.3 Å². The van der Waals surface area contributed by atoms with Gasteiger partial charge in [-0.25, -0.2) is 0 Å². The van der Waals surface area contributed by atoms with Crippen molar-refractivity contribution >= 4 is 17.3 Å². The summed E-state index contributed by atoms with van der Waals surface area (Å²) in [6.07, 6.45) is 7.43. The Labute approximate surface area is 144 Å². The van der Waals surface area contributed by atoms with Crippen LogP contribution in [-0.4, -0.2) is 29.1 Å². The van der Waals surface area contributed by atoms with Crippen molar-refractivity contribution in [2.75, 3.05) is 0 Å². The summed E-state index contributed by atoms with van der Waals surface area (Å²) < 4.78 is 6.37. The van der Waals surface area contributed by atoms with E-state index in [-0.39, 0.29) is 35.8 Å². The molecule has 3 fully saturated rings. The van der Waals surface area contributed by atoms with E-state index in [1.807, 2.05) is 13.8 Å². The molecule has 0 aromatic rings. The van der Waals surface area contributed by atoms with Crippen LogP contribution in [0, 0.1) is 11.3 Å². The highest BCUT2D eigenvalue weighted by molar-refractivity contribution is 6.11. The van der Waals surface area contributed by atoms with Gasteiger partial charge in [-0.05, 0) is 38.0 Å². The highest BCUT2D eigenvalue weighted by Crippen LogP contribution is 2.49. The molecule has 134 valence electrons. The second kappa shape index (κ2) is 6.70. The minimum Gasteiger partial charge on any atom is -0.355 e. The Bertz CT molecular complexity index is 530. The zero-order valence-electron chi connectivity index (χ0n) is 15.1. The molecule has 0 amide bonds. The van der Waals surface area contributed by atoms with E-state index in [1.54, 1.807) is 0 Å². The summed E-state index contributed by atoms with van der Waals surface area (Å²) in [5.41, 5.74) is -1.74. The van der Waals surface area contributed by atoms with Crippen molar-refractivity contribution in [3.63, 3.8) is 0 Å². The molecule has 4 heteroatoms. The summed E-state index contributed by atoms with van der Waals surface area (Å²) in [5.74, 6) is 0.328. The van der Waals surface area contributed by atoms with Crippen LogP contribution >= 0.6 is 0 Å². The molecule has 2 atom stereocenters. The van der Waals surface area contributed by atoms with Gasteiger partial charge in [-0.15, -0.1) is 0 Å². The van der Waals surface area contributed by atoms with Gasteiger partial charge in [0.2, 0.25) is 0 Å². The summed E-state index contributed by atoms with van der Waals surface area (Å²) in [6, 6.07) is 0. The number of Topliss-reactive ketones (excluding diaryl/α,β-unsaturated/α-hetero) is 3. The van der Waals surface area contributed by atoms with Gasteiger partial charge in [0.25, 0.3) is 0 Å². The molecule has 4 nitrogen and oxygen atoms in total. The molecule has 1 saturated carbocycles. The highest BCUT2D eigenvalue weighted by atomic mass is 16.5. The summed E-state index contributed by atoms with van der Waals surface area (Å²) in [6.45, 7) is 4.05. The maximum absolute atomic E-state index is 13.0. The molecule has 0 radical (unpaired) electrons. The third kappa shape index (κ3) is 2.87. The molecule has 0 aromatic heterocycles. The van der Waals surface area contributed by atoms with Crippen LogP contribution in [0.1, 0.15) is 84.5 Å². The van der Waals surface area contributed by atoms with Crippen LogP contribution in [0.4, 0.5) is 0 Å². The molecular formula is C20H30O4. The molecular weight excluding hydrogens is 304 g/mol. The fourth-order valence-corrected chi connectivity index (χ4v) is 5.12. The Morgan fingerprint density at radius 1 is 0.917 bits per heavy atom. The largest absolute Gasteiger partial charge is 0.355 e. The molecule has 24 heavy (non-hydrogen) atoms. The third-order valence-corrected chi connectivity index (χ3v) is 6.30. The van der Waals surface area contributed by atoms with E-state index < -0.39 is 11.0 Å². The highest BCUT2D eigenvalue weighted by Gasteiger charge is 2.57. The minimum atomic E-state index is -1.29. The Hall–Kier alpha value is -1.03. The topological polar surface area (TPSA) is 60.4 Å². The van der Waals surface area contributed by atoms with Crippen LogP contribution < -0.4 is 0 Å². The van der Waals surface area contributed by atoms with Crippen molar-refractivity contribution in [1.82, 2.24) is 0 Å². The third-order valence-electron chi connectivity index (χ3n) is 6.30. The second-order valence-corrected chi connectivity index (χ2v) is 8.41. The van der Waals surface area contributed by atoms with Crippen molar-refractivity contribution < 1.29 is 19.1 Å². The summed E-state index contributed by atoms with van der Waals surface area (Å²) in [5, 5.41) is 0. The average molecular weight is 334 g/mol. The molecule has 0 N–H and O–H groups in total. The number of ketones is 3. The van der Waals surface area contributed by atoms with Crippen LogP contribution in [0.5, 0.6) is 0 Å². The number of rotatable bonds is 2. The van der Waals surface area contributed by atoms with Crippen LogP contribution in [0.25, 0.3) is 0 Å². The van der Waals surface area contributed by atoms with E-state index >= 15 is 0 Å². The fourth-order valence-electron chi connectivity index (χ4n) is 5.12. The minimum absolute atomic E-state index is 0.0576. The van der Waals surface area contributed by atoms with E-state index in [0.717, 1.165) is 32.1 Å². The first kappa shape index (κ1) is 17.8. The number of hydrogen-bond donors (Lipinski definition) is 0. The molecule has 3 aliphatic rings. The van der Waals surface area contributed by atoms with Gasteiger partial charge >= 0.3 is 0 Å². The average Bonchev–Trinajstić information content (AvgIpc) is 2.58. The smallest absolute Gasteiger partial charge is 0.184 e. The molecule has 2 bridgehead atoms. The normalized spacial score (nSPS) is 34.1. The van der Waals surface area contributed by atoms with E-state index in [4.69, 9.17) is 4.74 Å². The first-order chi connectivity index (χ1) is 11.4. The van der Waals surface area contributed by atoms with Crippen LogP contribution in [-0.2, 0) is 19.1 Å². The monoisotopic (exact) mass is 334 g/mol. The number of carbonyl (C=O) groups is 3. The summed E-state index contributed by atoms with van der Waals surface area (Å²) in [4.78, 5) is 38.7. The van der Waals surface area contributed by atoms with Crippen molar-refractivity contribution in [1.29, 1.82) is 0 Å². The predicted octanol–water partition coefficient (Wildman–Crippen LogP) is 3.79. The zero-order chi connectivity index (χ0) is 17.4. The first-order valence-corrected chi connectivity index (χ1v) is 9.68. The lowest BCUT2D eigenvalue weighted by molar-refractivity contribution is -0.195. The fraction of sp³-hybridized carbons (Fsp3) is 0.850. The number of carbonyl (C=O) groups excluding carboxylic acids is 3. The van der Waals surface area contributed by atoms with Crippen molar-refractivity contribution in [2.24, 2.45) is 11.3 Å². The van der Waals surface area contributed by atoms with Gasteiger partial charge in [0.15, 0.2) is 17.2 Å². The van der Waals surface area contributed by atoms with E-state index in [1.165, 1.54) is 0 Å². The maximum atomic E-state index is 13.0. The van der Waals surface area contributed by atoms with Crippen LogP contribution in [0.3, 0.4) is 0 Å². The first-order valence-electron chi connectivity index (χ1n) is 9.68. The zero-order valence-corrected chi connectivity index (χ0v) is 15.1. The van der Waals surface area contributed by atoms with Gasteiger partial charge in [0.05, 0.1) is 11.5 Å². The van der Waals surface area contributed by atoms with Crippen molar-refractivity contribution in [2.45, 2.75) is 96.2 Å².